The maximum atomic E-state index is 10.9. The summed E-state index contributed by atoms with van der Waals surface area (Å²) in [5.41, 5.74) is -0.541. The molecular weight excluding hydrogens is 292 g/mol. The van der Waals surface area contributed by atoms with E-state index >= 15 is 0 Å². The molecular formula is C19H36O4. The van der Waals surface area contributed by atoms with Crippen molar-refractivity contribution in [2.45, 2.75) is 91.9 Å². The van der Waals surface area contributed by atoms with Gasteiger partial charge in [-0.3, -0.25) is 9.59 Å². The Hall–Kier alpha value is -1.32. The zero-order chi connectivity index (χ0) is 18.1. The van der Waals surface area contributed by atoms with E-state index in [0.29, 0.717) is 0 Å². The van der Waals surface area contributed by atoms with Crippen molar-refractivity contribution in [1.82, 2.24) is 0 Å². The van der Waals surface area contributed by atoms with Crippen LogP contribution in [-0.2, 0) is 14.3 Å². The molecule has 0 unspecified atom stereocenters. The predicted molar refractivity (Wildman–Crippen MR) is 95.2 cm³/mol. The van der Waals surface area contributed by atoms with E-state index in [1.54, 1.807) is 0 Å². The highest BCUT2D eigenvalue weighted by molar-refractivity contribution is 5.73. The average molecular weight is 328 g/mol. The molecule has 1 N–H and O–H groups in total. The summed E-state index contributed by atoms with van der Waals surface area (Å²) in [6.45, 7) is 10.4. The highest BCUT2D eigenvalue weighted by Crippen LogP contribution is 2.24. The standard InChI is InChI=1S/C15H30O2.C4H6O2/c1-4-5-6-7-8-9-10-11-12-13-15(2,3)14(16)17;1-3-6-4(2)5/h4-13H2,1-3H3,(H,16,17);3H,1H2,2H3. The Bertz CT molecular complexity index is 321. The molecule has 0 aliphatic carbocycles. The molecule has 0 radical (unpaired) electrons. The first kappa shape index (κ1) is 23.9. The van der Waals surface area contributed by atoms with E-state index in [1.807, 2.05) is 13.8 Å². The third-order valence-electron chi connectivity index (χ3n) is 3.73. The first-order chi connectivity index (χ1) is 10.8. The van der Waals surface area contributed by atoms with Gasteiger partial charge in [-0.05, 0) is 20.3 Å². The van der Waals surface area contributed by atoms with Crippen LogP contribution in [0.25, 0.3) is 0 Å². The molecule has 0 spiro atoms. The highest BCUT2D eigenvalue weighted by Gasteiger charge is 2.25. The largest absolute Gasteiger partial charge is 0.481 e. The number of aliphatic carboxylic acids is 1. The van der Waals surface area contributed by atoms with Crippen LogP contribution in [0.15, 0.2) is 12.8 Å². The van der Waals surface area contributed by atoms with Gasteiger partial charge in [0, 0.05) is 6.92 Å². The molecule has 0 aromatic heterocycles. The summed E-state index contributed by atoms with van der Waals surface area (Å²) in [4.78, 5) is 20.6. The van der Waals surface area contributed by atoms with Crippen molar-refractivity contribution in [3.63, 3.8) is 0 Å². The maximum absolute atomic E-state index is 10.9. The molecule has 0 bridgehead atoms. The molecule has 23 heavy (non-hydrogen) atoms. The molecule has 0 saturated heterocycles. The molecule has 0 heterocycles. The number of carbonyl (C=O) groups is 2. The van der Waals surface area contributed by atoms with Crippen LogP contribution >= 0.6 is 0 Å². The second-order valence-electron chi connectivity index (χ2n) is 6.54. The van der Waals surface area contributed by atoms with Crippen molar-refractivity contribution in [1.29, 1.82) is 0 Å². The van der Waals surface area contributed by atoms with Crippen molar-refractivity contribution < 1.29 is 19.4 Å². The minimum atomic E-state index is -0.669. The van der Waals surface area contributed by atoms with Crippen molar-refractivity contribution in [2.75, 3.05) is 0 Å². The van der Waals surface area contributed by atoms with E-state index < -0.39 is 11.4 Å². The van der Waals surface area contributed by atoms with E-state index in [4.69, 9.17) is 5.11 Å². The van der Waals surface area contributed by atoms with E-state index in [0.717, 1.165) is 19.1 Å². The van der Waals surface area contributed by atoms with Crippen LogP contribution in [0.1, 0.15) is 91.9 Å². The van der Waals surface area contributed by atoms with Crippen LogP contribution in [0.5, 0.6) is 0 Å². The van der Waals surface area contributed by atoms with Crippen molar-refractivity contribution in [3.05, 3.63) is 12.8 Å². The maximum Gasteiger partial charge on any atom is 0.309 e. The molecule has 0 fully saturated rings. The van der Waals surface area contributed by atoms with E-state index in [-0.39, 0.29) is 5.97 Å². The number of esters is 1. The number of carbonyl (C=O) groups excluding carboxylic acids is 1. The first-order valence-corrected chi connectivity index (χ1v) is 8.79. The molecule has 0 aliphatic heterocycles. The summed E-state index contributed by atoms with van der Waals surface area (Å²) in [5, 5.41) is 8.96. The van der Waals surface area contributed by atoms with Gasteiger partial charge in [0.2, 0.25) is 0 Å². The van der Waals surface area contributed by atoms with Gasteiger partial charge < -0.3 is 9.84 Å². The predicted octanol–water partition coefficient (Wildman–Crippen LogP) is 5.71. The monoisotopic (exact) mass is 328 g/mol. The molecule has 136 valence electrons. The lowest BCUT2D eigenvalue weighted by molar-refractivity contribution is -0.147. The van der Waals surface area contributed by atoms with E-state index in [1.165, 1.54) is 58.3 Å². The van der Waals surface area contributed by atoms with Crippen LogP contribution < -0.4 is 0 Å². The second-order valence-corrected chi connectivity index (χ2v) is 6.54. The zero-order valence-corrected chi connectivity index (χ0v) is 15.5. The third-order valence-corrected chi connectivity index (χ3v) is 3.73. The Morgan fingerprint density at radius 1 is 1.00 bits per heavy atom. The fourth-order valence-electron chi connectivity index (χ4n) is 2.10. The molecule has 0 rings (SSSR count). The molecule has 4 nitrogen and oxygen atoms in total. The average Bonchev–Trinajstić information content (AvgIpc) is 2.46. The summed E-state index contributed by atoms with van der Waals surface area (Å²) in [6, 6.07) is 0. The molecule has 0 saturated carbocycles. The summed E-state index contributed by atoms with van der Waals surface area (Å²) < 4.78 is 4.17. The molecule has 0 amide bonds. The number of ether oxygens (including phenoxy) is 1. The summed E-state index contributed by atoms with van der Waals surface area (Å²) in [5.74, 6) is -0.998. The molecule has 0 atom stereocenters. The number of hydrogen-bond acceptors (Lipinski definition) is 3. The van der Waals surface area contributed by atoms with Gasteiger partial charge in [0.15, 0.2) is 0 Å². The lowest BCUT2D eigenvalue weighted by atomic mass is 9.87. The number of hydrogen-bond donors (Lipinski definition) is 1. The number of rotatable bonds is 12. The molecule has 0 aromatic rings. The van der Waals surface area contributed by atoms with Crippen LogP contribution in [-0.4, -0.2) is 17.0 Å². The summed E-state index contributed by atoms with van der Waals surface area (Å²) in [7, 11) is 0. The summed E-state index contributed by atoms with van der Waals surface area (Å²) in [6.07, 6.45) is 13.5. The molecule has 4 heteroatoms. The lowest BCUT2D eigenvalue weighted by Crippen LogP contribution is -2.23. The van der Waals surface area contributed by atoms with Crippen molar-refractivity contribution in [3.8, 4) is 0 Å². The van der Waals surface area contributed by atoms with Crippen molar-refractivity contribution in [2.24, 2.45) is 5.41 Å². The third kappa shape index (κ3) is 18.6. The lowest BCUT2D eigenvalue weighted by Gasteiger charge is -2.18. The summed E-state index contributed by atoms with van der Waals surface area (Å²) >= 11 is 0. The van der Waals surface area contributed by atoms with E-state index in [9.17, 15) is 9.59 Å². The van der Waals surface area contributed by atoms with Crippen molar-refractivity contribution >= 4 is 11.9 Å². The Labute approximate surface area is 142 Å². The van der Waals surface area contributed by atoms with E-state index in [2.05, 4.69) is 18.2 Å². The van der Waals surface area contributed by atoms with Crippen LogP contribution in [0.4, 0.5) is 0 Å². The number of carboxylic acid groups (broad SMARTS) is 1. The van der Waals surface area contributed by atoms with Gasteiger partial charge in [0.25, 0.3) is 0 Å². The minimum Gasteiger partial charge on any atom is -0.481 e. The quantitative estimate of drug-likeness (QED) is 0.283. The van der Waals surface area contributed by atoms with Gasteiger partial charge in [-0.25, -0.2) is 0 Å². The fourth-order valence-corrected chi connectivity index (χ4v) is 2.10. The van der Waals surface area contributed by atoms with Crippen LogP contribution in [0.3, 0.4) is 0 Å². The second kappa shape index (κ2) is 15.6. The van der Waals surface area contributed by atoms with Gasteiger partial charge in [0.05, 0.1) is 11.7 Å². The van der Waals surface area contributed by atoms with Gasteiger partial charge in [-0.2, -0.15) is 0 Å². The van der Waals surface area contributed by atoms with Crippen LogP contribution in [0, 0.1) is 5.41 Å². The Kier molecular flexibility index (Phi) is 16.2. The van der Waals surface area contributed by atoms with Gasteiger partial charge in [-0.1, -0.05) is 71.3 Å². The number of carboxylic acids is 1. The van der Waals surface area contributed by atoms with Gasteiger partial charge in [0.1, 0.15) is 0 Å². The molecule has 0 aliphatic rings. The van der Waals surface area contributed by atoms with Crippen LogP contribution in [0.2, 0.25) is 0 Å². The fraction of sp³-hybridized carbons (Fsp3) is 0.789. The molecule has 0 aromatic carbocycles. The topological polar surface area (TPSA) is 63.6 Å². The Balaban J connectivity index is 0. The Morgan fingerprint density at radius 3 is 1.74 bits per heavy atom. The smallest absolute Gasteiger partial charge is 0.309 e. The minimum absolute atomic E-state index is 0.329. The van der Waals surface area contributed by atoms with Gasteiger partial charge >= 0.3 is 11.9 Å². The SMILES string of the molecule is C=COC(C)=O.CCCCCCCCCCCC(C)(C)C(=O)O. The Morgan fingerprint density at radius 2 is 1.43 bits per heavy atom. The zero-order valence-electron chi connectivity index (χ0n) is 15.5. The highest BCUT2D eigenvalue weighted by atomic mass is 16.5. The first-order valence-electron chi connectivity index (χ1n) is 8.79. The normalized spacial score (nSPS) is 10.4. The van der Waals surface area contributed by atoms with Gasteiger partial charge in [-0.15, -0.1) is 0 Å². The number of unbranched alkanes of at least 4 members (excludes halogenated alkanes) is 8.